The van der Waals surface area contributed by atoms with Crippen molar-refractivity contribution in [2.75, 3.05) is 50.1 Å². The Bertz CT molecular complexity index is 1080. The highest BCUT2D eigenvalue weighted by molar-refractivity contribution is 6.40. The number of hydrogen-bond donors (Lipinski definition) is 2. The third-order valence-electron chi connectivity index (χ3n) is 5.83. The van der Waals surface area contributed by atoms with Gasteiger partial charge in [0.2, 0.25) is 0 Å². The van der Waals surface area contributed by atoms with Crippen LogP contribution in [-0.4, -0.2) is 73.7 Å². The van der Waals surface area contributed by atoms with Crippen molar-refractivity contribution in [3.8, 4) is 5.75 Å². The quantitative estimate of drug-likeness (QED) is 0.715. The van der Waals surface area contributed by atoms with Crippen LogP contribution in [0.2, 0.25) is 0 Å². The lowest BCUT2D eigenvalue weighted by molar-refractivity contribution is -0.112. The van der Waals surface area contributed by atoms with Crippen LogP contribution < -0.4 is 20.3 Å². The summed E-state index contributed by atoms with van der Waals surface area (Å²) in [5.74, 6) is -0.0254. The molecule has 5 rings (SSSR count). The molecule has 2 aromatic rings. The van der Waals surface area contributed by atoms with E-state index < -0.39 is 12.1 Å². The maximum absolute atomic E-state index is 12.9. The summed E-state index contributed by atoms with van der Waals surface area (Å²) >= 11 is 0. The number of hydrogen-bond acceptors (Lipinski definition) is 8. The third-order valence-corrected chi connectivity index (χ3v) is 5.83. The summed E-state index contributed by atoms with van der Waals surface area (Å²) < 4.78 is 11.0. The number of anilines is 2. The predicted molar refractivity (Wildman–Crippen MR) is 118 cm³/mol. The summed E-state index contributed by atoms with van der Waals surface area (Å²) in [6.07, 6.45) is 2.71. The Morgan fingerprint density at radius 2 is 2.12 bits per heavy atom. The number of nitrogens with one attached hydrogen (secondary N) is 2. The zero-order valence-electron chi connectivity index (χ0n) is 17.7. The normalized spacial score (nSPS) is 20.0. The average Bonchev–Trinajstić information content (AvgIpc) is 3.45. The van der Waals surface area contributed by atoms with Crippen LogP contribution in [0.4, 0.5) is 11.4 Å². The molecule has 0 bridgehead atoms. The van der Waals surface area contributed by atoms with Crippen LogP contribution in [-0.2, 0) is 16.1 Å². The number of fused-ring (bicyclic) bond motifs is 1. The molecule has 32 heavy (non-hydrogen) atoms. The second kappa shape index (κ2) is 8.46. The van der Waals surface area contributed by atoms with Crippen molar-refractivity contribution in [1.82, 2.24) is 15.2 Å². The van der Waals surface area contributed by atoms with Crippen LogP contribution in [0.25, 0.3) is 0 Å². The topological polar surface area (TPSA) is 108 Å². The lowest BCUT2D eigenvalue weighted by Gasteiger charge is -2.30. The molecular weight excluding hydrogens is 412 g/mol. The molecule has 1 aromatic carbocycles. The minimum Gasteiger partial charge on any atom is -0.497 e. The summed E-state index contributed by atoms with van der Waals surface area (Å²) in [5.41, 5.74) is 2.99. The summed E-state index contributed by atoms with van der Waals surface area (Å²) in [5, 5.41) is 6.18. The lowest BCUT2D eigenvalue weighted by atomic mass is 10.1. The molecule has 4 heterocycles. The van der Waals surface area contributed by atoms with Crippen LogP contribution in [0.5, 0.6) is 5.75 Å². The number of methoxy groups -OCH3 is 1. The zero-order chi connectivity index (χ0) is 22.1. The number of pyridine rings is 1. The fourth-order valence-corrected chi connectivity index (χ4v) is 4.15. The van der Waals surface area contributed by atoms with Gasteiger partial charge in [-0.05, 0) is 23.8 Å². The van der Waals surface area contributed by atoms with Crippen molar-refractivity contribution in [2.45, 2.75) is 12.8 Å². The summed E-state index contributed by atoms with van der Waals surface area (Å²) in [4.78, 5) is 37.9. The fraction of sp³-hybridized carbons (Fsp3) is 0.364. The summed E-state index contributed by atoms with van der Waals surface area (Å²) in [7, 11) is 1.56. The van der Waals surface area contributed by atoms with Gasteiger partial charge in [0.1, 0.15) is 5.75 Å². The molecule has 10 nitrogen and oxygen atoms in total. The fourth-order valence-electron chi connectivity index (χ4n) is 4.15. The third kappa shape index (κ3) is 3.73. The minimum atomic E-state index is -0.622. The largest absolute Gasteiger partial charge is 0.497 e. The van der Waals surface area contributed by atoms with Crippen LogP contribution in [0, 0.1) is 0 Å². The Morgan fingerprint density at radius 3 is 2.94 bits per heavy atom. The van der Waals surface area contributed by atoms with Gasteiger partial charge in [0, 0.05) is 37.9 Å². The van der Waals surface area contributed by atoms with E-state index in [0.29, 0.717) is 23.5 Å². The average molecular weight is 436 g/mol. The van der Waals surface area contributed by atoms with E-state index in [1.165, 1.54) is 0 Å². The van der Waals surface area contributed by atoms with Crippen molar-refractivity contribution in [3.63, 3.8) is 0 Å². The molecule has 2 amide bonds. The second-order valence-corrected chi connectivity index (χ2v) is 7.76. The number of carbonyl (C=O) groups excluding carboxylic acids is 2. The molecule has 166 valence electrons. The zero-order valence-corrected chi connectivity index (χ0v) is 17.7. The van der Waals surface area contributed by atoms with E-state index >= 15 is 0 Å². The maximum atomic E-state index is 12.9. The first-order valence-electron chi connectivity index (χ1n) is 10.5. The molecule has 1 saturated heterocycles. The van der Waals surface area contributed by atoms with Gasteiger partial charge in [-0.15, -0.1) is 0 Å². The Balaban J connectivity index is 1.25. The highest BCUT2D eigenvalue weighted by Gasteiger charge is 2.38. The molecule has 0 saturated carbocycles. The summed E-state index contributed by atoms with van der Waals surface area (Å²) in [6, 6.07) is 7.30. The smallest absolute Gasteiger partial charge is 0.310 e. The van der Waals surface area contributed by atoms with E-state index in [1.54, 1.807) is 30.5 Å². The van der Waals surface area contributed by atoms with Gasteiger partial charge in [-0.3, -0.25) is 19.5 Å². The van der Waals surface area contributed by atoms with E-state index in [9.17, 15) is 9.59 Å². The van der Waals surface area contributed by atoms with Crippen LogP contribution in [0.1, 0.15) is 15.9 Å². The van der Waals surface area contributed by atoms with E-state index in [1.807, 2.05) is 18.2 Å². The van der Waals surface area contributed by atoms with E-state index in [4.69, 9.17) is 9.47 Å². The second-order valence-electron chi connectivity index (χ2n) is 7.76. The van der Waals surface area contributed by atoms with Gasteiger partial charge in [-0.2, -0.15) is 0 Å². The molecule has 0 radical (unpaired) electrons. The first-order valence-corrected chi connectivity index (χ1v) is 10.5. The van der Waals surface area contributed by atoms with Crippen LogP contribution in [0.3, 0.4) is 0 Å². The number of nitrogens with zero attached hydrogens (tertiary/aromatic N) is 4. The van der Waals surface area contributed by atoms with E-state index in [2.05, 4.69) is 25.5 Å². The lowest BCUT2D eigenvalue weighted by Crippen LogP contribution is -2.44. The number of carbonyl (C=O) groups is 2. The first-order chi connectivity index (χ1) is 15.6. The van der Waals surface area contributed by atoms with Gasteiger partial charge in [0.15, 0.2) is 6.23 Å². The number of rotatable bonds is 5. The molecule has 1 fully saturated rings. The number of aliphatic imine (C=N–C) groups is 1. The Labute approximate surface area is 185 Å². The maximum Gasteiger partial charge on any atom is 0.310 e. The van der Waals surface area contributed by atoms with Crippen LogP contribution in [0.15, 0.2) is 41.7 Å². The standard InChI is InChI=1S/C22H24N6O4/c1-31-15-3-2-14-13-28(22(30)16(14)10-15)19-12-25-21(32-19)20(29)26-17-11-24-5-4-18(17)27-8-6-23-7-9-27/h2-5,10-11,19,23H,6-9,12-13H2,1H3,(H,26,29). The molecule has 3 aliphatic rings. The van der Waals surface area contributed by atoms with Crippen molar-refractivity contribution in [2.24, 2.45) is 4.99 Å². The molecule has 10 heteroatoms. The Hall–Kier alpha value is -3.66. The number of amides is 2. The predicted octanol–water partition coefficient (Wildman–Crippen LogP) is 0.849. The number of aromatic nitrogens is 1. The van der Waals surface area contributed by atoms with Gasteiger partial charge in [-0.25, -0.2) is 4.99 Å². The van der Waals surface area contributed by atoms with E-state index in [-0.39, 0.29) is 18.3 Å². The van der Waals surface area contributed by atoms with Crippen molar-refractivity contribution >= 4 is 29.1 Å². The van der Waals surface area contributed by atoms with Gasteiger partial charge >= 0.3 is 5.91 Å². The monoisotopic (exact) mass is 436 g/mol. The van der Waals surface area contributed by atoms with E-state index in [0.717, 1.165) is 37.4 Å². The van der Waals surface area contributed by atoms with Crippen LogP contribution >= 0.6 is 0 Å². The van der Waals surface area contributed by atoms with Gasteiger partial charge in [-0.1, -0.05) is 6.07 Å². The Morgan fingerprint density at radius 1 is 1.28 bits per heavy atom. The number of benzene rings is 1. The molecule has 0 spiro atoms. The molecule has 1 aromatic heterocycles. The number of ether oxygens (including phenoxy) is 2. The Kier molecular flexibility index (Phi) is 5.36. The highest BCUT2D eigenvalue weighted by atomic mass is 16.5. The SMILES string of the molecule is COc1ccc2c(c1)C(=O)N(C1CN=C(C(=O)Nc3cnccc3N3CCNCC3)O1)C2. The highest BCUT2D eigenvalue weighted by Crippen LogP contribution is 2.30. The van der Waals surface area contributed by atoms with Gasteiger partial charge in [0.05, 0.1) is 37.8 Å². The molecule has 1 unspecified atom stereocenters. The van der Waals surface area contributed by atoms with Gasteiger partial charge in [0.25, 0.3) is 11.8 Å². The molecular formula is C22H24N6O4. The summed E-state index contributed by atoms with van der Waals surface area (Å²) in [6.45, 7) is 4.06. The minimum absolute atomic E-state index is 0.0357. The van der Waals surface area contributed by atoms with Crippen molar-refractivity contribution in [3.05, 3.63) is 47.8 Å². The molecule has 1 atom stereocenters. The van der Waals surface area contributed by atoms with Gasteiger partial charge < -0.3 is 25.0 Å². The van der Waals surface area contributed by atoms with Crippen molar-refractivity contribution in [1.29, 1.82) is 0 Å². The number of piperazine rings is 1. The van der Waals surface area contributed by atoms with Crippen molar-refractivity contribution < 1.29 is 19.1 Å². The molecule has 3 aliphatic heterocycles. The first kappa shape index (κ1) is 20.3. The molecule has 0 aliphatic carbocycles. The molecule has 2 N–H and O–H groups in total.